The maximum atomic E-state index is 13.6. The Morgan fingerprint density at radius 1 is 0.526 bits per heavy atom. The van der Waals surface area contributed by atoms with E-state index < -0.39 is 9.84 Å². The van der Waals surface area contributed by atoms with Gasteiger partial charge >= 0.3 is 0 Å². The van der Waals surface area contributed by atoms with Gasteiger partial charge in [0.05, 0.1) is 26.5 Å². The Hall–Kier alpha value is -4.74. The van der Waals surface area contributed by atoms with Crippen molar-refractivity contribution in [3.63, 3.8) is 0 Å². The summed E-state index contributed by atoms with van der Waals surface area (Å²) in [4.78, 5) is 5.71. The van der Waals surface area contributed by atoms with E-state index in [0.717, 1.165) is 38.5 Å². The van der Waals surface area contributed by atoms with Crippen LogP contribution in [0.3, 0.4) is 0 Å². The van der Waals surface area contributed by atoms with Crippen molar-refractivity contribution in [2.45, 2.75) is 9.79 Å². The lowest BCUT2D eigenvalue weighted by molar-refractivity contribution is 0.594. The zero-order valence-electron chi connectivity index (χ0n) is 20.2. The first-order chi connectivity index (χ1) is 18.6. The Balaban J connectivity index is 1.61. The molecule has 0 bridgehead atoms. The highest BCUT2D eigenvalue weighted by Crippen LogP contribution is 2.47. The number of para-hydroxylation sites is 2. The summed E-state index contributed by atoms with van der Waals surface area (Å²) in [5.41, 5.74) is 5.24. The van der Waals surface area contributed by atoms with Gasteiger partial charge in [0.2, 0.25) is 9.84 Å². The molecule has 0 fully saturated rings. The van der Waals surface area contributed by atoms with Crippen LogP contribution in [-0.2, 0) is 9.84 Å². The summed E-state index contributed by atoms with van der Waals surface area (Å²) >= 11 is 0. The fourth-order valence-corrected chi connectivity index (χ4v) is 7.62. The molecule has 0 saturated heterocycles. The second kappa shape index (κ2) is 7.63. The van der Waals surface area contributed by atoms with E-state index in [1.807, 2.05) is 28.8 Å². The topological polar surface area (TPSA) is 52.0 Å². The number of rotatable bonds is 2. The molecule has 4 nitrogen and oxygen atoms in total. The lowest BCUT2D eigenvalue weighted by Crippen LogP contribution is -2.15. The van der Waals surface area contributed by atoms with Crippen LogP contribution in [0.1, 0.15) is 0 Å². The summed E-state index contributed by atoms with van der Waals surface area (Å²) < 4.78 is 29.3. The van der Waals surface area contributed by atoms with Gasteiger partial charge in [0.1, 0.15) is 5.82 Å². The molecule has 7 aromatic rings. The number of aromatic nitrogens is 2. The van der Waals surface area contributed by atoms with Crippen molar-refractivity contribution in [2.24, 2.45) is 0 Å². The van der Waals surface area contributed by atoms with Gasteiger partial charge in [-0.2, -0.15) is 0 Å². The lowest BCUT2D eigenvalue weighted by atomic mass is 9.88. The number of imidazole rings is 1. The Bertz CT molecular complexity index is 2140. The van der Waals surface area contributed by atoms with Crippen molar-refractivity contribution in [1.29, 1.82) is 0 Å². The molecular formula is C33H20N2O2S. The third-order valence-corrected chi connectivity index (χ3v) is 9.37. The van der Waals surface area contributed by atoms with Gasteiger partial charge in [-0.25, -0.2) is 13.4 Å². The van der Waals surface area contributed by atoms with Gasteiger partial charge in [-0.15, -0.1) is 0 Å². The third kappa shape index (κ3) is 2.74. The third-order valence-electron chi connectivity index (χ3n) is 7.54. The number of hydrogen-bond acceptors (Lipinski definition) is 3. The fraction of sp³-hybridized carbons (Fsp3) is 0. The normalized spacial score (nSPS) is 13.7. The van der Waals surface area contributed by atoms with E-state index in [9.17, 15) is 8.42 Å². The molecule has 2 heterocycles. The first-order valence-corrected chi connectivity index (χ1v) is 14.0. The van der Waals surface area contributed by atoms with Crippen LogP contribution < -0.4 is 0 Å². The fourth-order valence-electron chi connectivity index (χ4n) is 5.99. The first-order valence-electron chi connectivity index (χ1n) is 12.5. The summed E-state index contributed by atoms with van der Waals surface area (Å²) in [7, 11) is -3.67. The Labute approximate surface area is 219 Å². The predicted octanol–water partition coefficient (Wildman–Crippen LogP) is 7.81. The summed E-state index contributed by atoms with van der Waals surface area (Å²) in [6.45, 7) is 0. The molecule has 0 radical (unpaired) electrons. The summed E-state index contributed by atoms with van der Waals surface area (Å²) in [5.74, 6) is 0.738. The van der Waals surface area contributed by atoms with Crippen LogP contribution in [0.5, 0.6) is 0 Å². The standard InChI is InChI=1S/C33H20N2O2S/c36-38(37)28-19-9-8-18-27(28)35-32-26(17-10-20-29(32)38)34-33(35)31-24-15-6-4-13-22(24)30(21-11-2-1-3-12-21)23-14-5-7-16-25(23)31/h1-20H. The molecule has 5 heteroatoms. The van der Waals surface area contributed by atoms with Crippen molar-refractivity contribution in [3.8, 4) is 28.2 Å². The second-order valence-electron chi connectivity index (χ2n) is 9.57. The first kappa shape index (κ1) is 21.4. The largest absolute Gasteiger partial charge is 0.290 e. The van der Waals surface area contributed by atoms with E-state index in [0.29, 0.717) is 26.5 Å². The Kier molecular flexibility index (Phi) is 4.29. The van der Waals surface area contributed by atoms with Crippen molar-refractivity contribution in [1.82, 2.24) is 9.55 Å². The molecule has 0 atom stereocenters. The molecule has 0 aliphatic carbocycles. The summed E-state index contributed by atoms with van der Waals surface area (Å²) in [6, 6.07) is 39.9. The summed E-state index contributed by atoms with van der Waals surface area (Å²) in [5, 5.41) is 4.40. The smallest absolute Gasteiger partial charge is 0.210 e. The molecule has 1 aliphatic heterocycles. The molecule has 180 valence electrons. The van der Waals surface area contributed by atoms with Crippen LogP contribution in [0, 0.1) is 0 Å². The highest BCUT2D eigenvalue weighted by atomic mass is 32.2. The highest BCUT2D eigenvalue weighted by molar-refractivity contribution is 7.92. The second-order valence-corrected chi connectivity index (χ2v) is 11.5. The van der Waals surface area contributed by atoms with Crippen LogP contribution >= 0.6 is 0 Å². The van der Waals surface area contributed by atoms with Gasteiger partial charge < -0.3 is 0 Å². The lowest BCUT2D eigenvalue weighted by Gasteiger charge is -2.22. The van der Waals surface area contributed by atoms with Crippen LogP contribution in [0.25, 0.3) is 60.8 Å². The van der Waals surface area contributed by atoms with Crippen molar-refractivity contribution < 1.29 is 8.42 Å². The molecule has 38 heavy (non-hydrogen) atoms. The molecule has 8 rings (SSSR count). The van der Waals surface area contributed by atoms with Gasteiger partial charge in [0.25, 0.3) is 0 Å². The zero-order valence-corrected chi connectivity index (χ0v) is 21.0. The van der Waals surface area contributed by atoms with Gasteiger partial charge in [-0.05, 0) is 56.9 Å². The van der Waals surface area contributed by atoms with E-state index in [-0.39, 0.29) is 0 Å². The molecule has 6 aromatic carbocycles. The molecule has 1 aliphatic rings. The van der Waals surface area contributed by atoms with Gasteiger partial charge in [-0.3, -0.25) is 4.57 Å². The van der Waals surface area contributed by atoms with Crippen LogP contribution in [-0.4, -0.2) is 18.0 Å². The minimum atomic E-state index is -3.67. The quantitative estimate of drug-likeness (QED) is 0.224. The minimum Gasteiger partial charge on any atom is -0.290 e. The van der Waals surface area contributed by atoms with Gasteiger partial charge in [-0.1, -0.05) is 97.1 Å². The van der Waals surface area contributed by atoms with Crippen LogP contribution in [0.15, 0.2) is 131 Å². The zero-order chi connectivity index (χ0) is 25.4. The summed E-state index contributed by atoms with van der Waals surface area (Å²) in [6.07, 6.45) is 0. The van der Waals surface area contributed by atoms with E-state index in [4.69, 9.17) is 4.98 Å². The molecular weight excluding hydrogens is 488 g/mol. The van der Waals surface area contributed by atoms with Crippen molar-refractivity contribution >= 4 is 42.4 Å². The maximum Gasteiger partial charge on any atom is 0.210 e. The van der Waals surface area contributed by atoms with Crippen LogP contribution in [0.2, 0.25) is 0 Å². The number of fused-ring (bicyclic) bond motifs is 4. The van der Waals surface area contributed by atoms with E-state index in [2.05, 4.69) is 72.8 Å². The van der Waals surface area contributed by atoms with Crippen LogP contribution in [0.4, 0.5) is 0 Å². The van der Waals surface area contributed by atoms with E-state index >= 15 is 0 Å². The molecule has 0 unspecified atom stereocenters. The average molecular weight is 509 g/mol. The van der Waals surface area contributed by atoms with Gasteiger partial charge in [0.15, 0.2) is 0 Å². The molecule has 0 N–H and O–H groups in total. The van der Waals surface area contributed by atoms with Crippen molar-refractivity contribution in [3.05, 3.63) is 121 Å². The molecule has 0 saturated carbocycles. The van der Waals surface area contributed by atoms with Crippen molar-refractivity contribution in [2.75, 3.05) is 0 Å². The van der Waals surface area contributed by atoms with E-state index in [1.165, 1.54) is 5.56 Å². The molecule has 0 amide bonds. The Morgan fingerprint density at radius 2 is 1.08 bits per heavy atom. The predicted molar refractivity (Wildman–Crippen MR) is 152 cm³/mol. The molecule has 0 spiro atoms. The highest BCUT2D eigenvalue weighted by Gasteiger charge is 2.34. The number of nitrogens with zero attached hydrogens (tertiary/aromatic N) is 2. The SMILES string of the molecule is O=S1(=O)c2ccccc2-n2c(-c3c4ccccc4c(-c4ccccc4)c4ccccc34)nc3cccc1c32. The number of benzene rings is 6. The maximum absolute atomic E-state index is 13.6. The number of sulfone groups is 1. The number of hydrogen-bond donors (Lipinski definition) is 0. The average Bonchev–Trinajstić information content (AvgIpc) is 3.35. The minimum absolute atomic E-state index is 0.293. The van der Waals surface area contributed by atoms with E-state index in [1.54, 1.807) is 24.3 Å². The van der Waals surface area contributed by atoms with Gasteiger partial charge in [0, 0.05) is 5.56 Å². The Morgan fingerprint density at radius 3 is 1.76 bits per heavy atom. The molecule has 1 aromatic heterocycles. The monoisotopic (exact) mass is 508 g/mol.